The van der Waals surface area contributed by atoms with E-state index >= 15 is 0 Å². The fourth-order valence-electron chi connectivity index (χ4n) is 5.04. The number of aliphatic hydroxyl groups is 1. The molecule has 1 amide bonds. The highest BCUT2D eigenvalue weighted by atomic mass is 32.2. The molecule has 0 fully saturated rings. The molecule has 1 aliphatic heterocycles. The lowest BCUT2D eigenvalue weighted by atomic mass is 9.84. The van der Waals surface area contributed by atoms with Crippen LogP contribution in [0.25, 0.3) is 6.08 Å². The Morgan fingerprint density at radius 1 is 0.978 bits per heavy atom. The van der Waals surface area contributed by atoms with Gasteiger partial charge in [-0.05, 0) is 53.1 Å². The number of carbonyl (C=O) groups excluding carboxylic acids is 1. The van der Waals surface area contributed by atoms with Crippen LogP contribution in [0.15, 0.2) is 120 Å². The Morgan fingerprint density at radius 3 is 2.40 bits per heavy atom. The van der Waals surface area contributed by atoms with Crippen LogP contribution in [-0.2, 0) is 15.3 Å². The fraction of sp³-hybridized carbons (Fsp3) is 0.243. The molecule has 0 radical (unpaired) electrons. The molecular weight excluding hydrogens is 587 g/mol. The topological polar surface area (TPSA) is 80.2 Å². The summed E-state index contributed by atoms with van der Waals surface area (Å²) in [6.07, 6.45) is 4.21. The maximum Gasteiger partial charge on any atom is 0.252 e. The van der Waals surface area contributed by atoms with E-state index in [-0.39, 0.29) is 18.3 Å². The van der Waals surface area contributed by atoms with Crippen molar-refractivity contribution in [1.29, 1.82) is 0 Å². The molecule has 232 valence electrons. The Kier molecular flexibility index (Phi) is 11.4. The van der Waals surface area contributed by atoms with Gasteiger partial charge in [0.05, 0.1) is 6.61 Å². The highest BCUT2D eigenvalue weighted by Crippen LogP contribution is 2.43. The number of thioether (sulfide) groups is 1. The Labute approximate surface area is 268 Å². The zero-order valence-corrected chi connectivity index (χ0v) is 25.8. The van der Waals surface area contributed by atoms with Gasteiger partial charge in [-0.1, -0.05) is 84.9 Å². The number of carbonyl (C=O) groups is 1. The van der Waals surface area contributed by atoms with Gasteiger partial charge in [0.15, 0.2) is 11.6 Å². The smallest absolute Gasteiger partial charge is 0.252 e. The zero-order chi connectivity index (χ0) is 31.3. The standard InChI is InChI=1S/C37H37FN2O4S/c38-32-18-14-29(15-19-32)27-45-26-23-39-36(42)37(22-7-11-28-9-3-1-4-10-28)34(30-12-5-2-6-13-30)44-35(40-37)31-16-20-33(21-17-31)43-25-8-24-41/h1-7,9-21,34,41H,8,22-27H2,(H,39,42)/b11-7+/t34-,37-/m1/s1. The maximum atomic E-state index is 14.2. The number of ether oxygens (including phenoxy) is 2. The van der Waals surface area contributed by atoms with Crippen LogP contribution in [0.1, 0.15) is 41.2 Å². The van der Waals surface area contributed by atoms with Crippen LogP contribution in [0.2, 0.25) is 0 Å². The number of aliphatic hydroxyl groups excluding tert-OH is 1. The molecule has 0 aromatic heterocycles. The summed E-state index contributed by atoms with van der Waals surface area (Å²) in [6, 6.07) is 33.6. The monoisotopic (exact) mass is 624 g/mol. The highest BCUT2D eigenvalue weighted by Gasteiger charge is 2.52. The second-order valence-electron chi connectivity index (χ2n) is 10.7. The molecule has 4 aromatic rings. The summed E-state index contributed by atoms with van der Waals surface area (Å²) in [7, 11) is 0. The van der Waals surface area contributed by atoms with Crippen molar-refractivity contribution in [3.8, 4) is 5.75 Å². The molecule has 8 heteroatoms. The van der Waals surface area contributed by atoms with E-state index in [1.807, 2.05) is 97.1 Å². The van der Waals surface area contributed by atoms with Crippen LogP contribution in [0.4, 0.5) is 4.39 Å². The molecule has 6 nitrogen and oxygen atoms in total. The number of hydrogen-bond donors (Lipinski definition) is 2. The molecule has 2 N–H and O–H groups in total. The molecule has 4 aromatic carbocycles. The third kappa shape index (κ3) is 8.62. The Balaban J connectivity index is 1.39. The Bertz CT molecular complexity index is 1560. The number of halogens is 1. The molecule has 0 aliphatic carbocycles. The van der Waals surface area contributed by atoms with E-state index in [0.29, 0.717) is 43.4 Å². The van der Waals surface area contributed by atoms with Crippen LogP contribution in [0.3, 0.4) is 0 Å². The van der Waals surface area contributed by atoms with Crippen molar-refractivity contribution in [3.63, 3.8) is 0 Å². The molecule has 0 saturated heterocycles. The molecule has 1 aliphatic rings. The second kappa shape index (κ2) is 16.1. The lowest BCUT2D eigenvalue weighted by Gasteiger charge is -2.29. The van der Waals surface area contributed by atoms with Crippen molar-refractivity contribution >= 4 is 29.6 Å². The molecular formula is C37H37FN2O4S. The van der Waals surface area contributed by atoms with Gasteiger partial charge < -0.3 is 19.9 Å². The lowest BCUT2D eigenvalue weighted by Crippen LogP contribution is -2.48. The van der Waals surface area contributed by atoms with E-state index in [4.69, 9.17) is 19.6 Å². The first-order chi connectivity index (χ1) is 22.1. The zero-order valence-electron chi connectivity index (χ0n) is 25.0. The van der Waals surface area contributed by atoms with E-state index in [9.17, 15) is 9.18 Å². The molecule has 45 heavy (non-hydrogen) atoms. The van der Waals surface area contributed by atoms with Gasteiger partial charge in [-0.25, -0.2) is 9.38 Å². The normalized spacial score (nSPS) is 17.6. The van der Waals surface area contributed by atoms with Gasteiger partial charge in [0, 0.05) is 43.1 Å². The van der Waals surface area contributed by atoms with E-state index in [0.717, 1.165) is 28.0 Å². The minimum absolute atomic E-state index is 0.0689. The largest absolute Gasteiger partial charge is 0.494 e. The number of amides is 1. The first-order valence-electron chi connectivity index (χ1n) is 15.0. The number of nitrogens with one attached hydrogen (secondary N) is 1. The molecule has 0 spiro atoms. The van der Waals surface area contributed by atoms with E-state index < -0.39 is 11.6 Å². The van der Waals surface area contributed by atoms with Crippen molar-refractivity contribution in [2.45, 2.75) is 30.2 Å². The molecule has 0 unspecified atom stereocenters. The number of benzene rings is 4. The van der Waals surface area contributed by atoms with Gasteiger partial charge in [-0.15, -0.1) is 0 Å². The average Bonchev–Trinajstić information content (AvgIpc) is 3.47. The average molecular weight is 625 g/mol. The summed E-state index contributed by atoms with van der Waals surface area (Å²) in [4.78, 5) is 19.3. The van der Waals surface area contributed by atoms with Crippen LogP contribution < -0.4 is 10.1 Å². The number of rotatable bonds is 15. The van der Waals surface area contributed by atoms with E-state index in [2.05, 4.69) is 5.32 Å². The first kappa shape index (κ1) is 32.0. The predicted octanol–water partition coefficient (Wildman–Crippen LogP) is 7.00. The van der Waals surface area contributed by atoms with Crippen molar-refractivity contribution in [2.24, 2.45) is 4.99 Å². The SMILES string of the molecule is O=C(NCCSCc1ccc(F)cc1)[C@]1(C/C=C/c2ccccc2)N=C(c2ccc(OCCCO)cc2)O[C@@H]1c1ccccc1. The highest BCUT2D eigenvalue weighted by molar-refractivity contribution is 7.98. The van der Waals surface area contributed by atoms with Crippen molar-refractivity contribution in [2.75, 3.05) is 25.5 Å². The van der Waals surface area contributed by atoms with Gasteiger partial charge in [0.2, 0.25) is 5.90 Å². The van der Waals surface area contributed by atoms with Crippen LogP contribution in [0, 0.1) is 5.82 Å². The Morgan fingerprint density at radius 2 is 1.69 bits per heavy atom. The van der Waals surface area contributed by atoms with Gasteiger partial charge in [-0.2, -0.15) is 11.8 Å². The van der Waals surface area contributed by atoms with Crippen LogP contribution >= 0.6 is 11.8 Å². The molecule has 1 heterocycles. The summed E-state index contributed by atoms with van der Waals surface area (Å²) in [6.45, 7) is 0.934. The predicted molar refractivity (Wildman–Crippen MR) is 179 cm³/mol. The maximum absolute atomic E-state index is 14.2. The molecule has 0 saturated carbocycles. The summed E-state index contributed by atoms with van der Waals surface area (Å²) in [5.74, 6) is 2.01. The third-order valence-electron chi connectivity index (χ3n) is 7.39. The first-order valence-corrected chi connectivity index (χ1v) is 16.2. The third-order valence-corrected chi connectivity index (χ3v) is 8.42. The van der Waals surface area contributed by atoms with Crippen LogP contribution in [0.5, 0.6) is 5.75 Å². The van der Waals surface area contributed by atoms with E-state index in [1.165, 1.54) is 12.1 Å². The van der Waals surface area contributed by atoms with Crippen LogP contribution in [-0.4, -0.2) is 48.0 Å². The minimum Gasteiger partial charge on any atom is -0.494 e. The van der Waals surface area contributed by atoms with Crippen molar-refractivity contribution < 1.29 is 23.8 Å². The van der Waals surface area contributed by atoms with Gasteiger partial charge in [0.1, 0.15) is 11.6 Å². The van der Waals surface area contributed by atoms with E-state index in [1.54, 1.807) is 23.9 Å². The Hall–Kier alpha value is -4.40. The van der Waals surface area contributed by atoms with Gasteiger partial charge in [0.25, 0.3) is 5.91 Å². The second-order valence-corrected chi connectivity index (χ2v) is 11.8. The number of aliphatic imine (C=N–C) groups is 1. The van der Waals surface area contributed by atoms with Crippen molar-refractivity contribution in [3.05, 3.63) is 143 Å². The van der Waals surface area contributed by atoms with Gasteiger partial charge in [-0.3, -0.25) is 4.79 Å². The molecule has 5 rings (SSSR count). The van der Waals surface area contributed by atoms with Gasteiger partial charge >= 0.3 is 0 Å². The number of nitrogens with zero attached hydrogens (tertiary/aromatic N) is 1. The summed E-state index contributed by atoms with van der Waals surface area (Å²) >= 11 is 1.67. The lowest BCUT2D eigenvalue weighted by molar-refractivity contribution is -0.128. The molecule has 0 bridgehead atoms. The molecule has 2 atom stereocenters. The summed E-state index contributed by atoms with van der Waals surface area (Å²) in [5, 5.41) is 12.2. The number of hydrogen-bond acceptors (Lipinski definition) is 6. The fourth-order valence-corrected chi connectivity index (χ4v) is 5.86. The summed E-state index contributed by atoms with van der Waals surface area (Å²) < 4.78 is 25.5. The summed E-state index contributed by atoms with van der Waals surface area (Å²) in [5.41, 5.74) is 2.40. The van der Waals surface area contributed by atoms with Crippen molar-refractivity contribution in [1.82, 2.24) is 5.32 Å². The minimum atomic E-state index is -1.25. The quantitative estimate of drug-likeness (QED) is 0.139.